The van der Waals surface area contributed by atoms with Gasteiger partial charge in [-0.3, -0.25) is 9.69 Å². The summed E-state index contributed by atoms with van der Waals surface area (Å²) in [6.07, 6.45) is 0. The smallest absolute Gasteiger partial charge is 0.249 e. The van der Waals surface area contributed by atoms with E-state index in [2.05, 4.69) is 90.8 Å². The number of piperazine rings is 1. The van der Waals surface area contributed by atoms with Crippen molar-refractivity contribution in [3.63, 3.8) is 0 Å². The fourth-order valence-electron chi connectivity index (χ4n) is 4.91. The summed E-state index contributed by atoms with van der Waals surface area (Å²) in [7, 11) is 2.16. The van der Waals surface area contributed by atoms with E-state index in [0.29, 0.717) is 5.56 Å². The zero-order valence-electron chi connectivity index (χ0n) is 22.5. The van der Waals surface area contributed by atoms with Crippen LogP contribution >= 0.6 is 11.3 Å². The lowest BCUT2D eigenvalue weighted by Gasteiger charge is -2.32. The zero-order chi connectivity index (χ0) is 26.8. The number of primary amides is 1. The van der Waals surface area contributed by atoms with E-state index >= 15 is 0 Å². The van der Waals surface area contributed by atoms with Crippen molar-refractivity contribution in [1.82, 2.24) is 14.8 Å². The summed E-state index contributed by atoms with van der Waals surface area (Å²) in [5, 5.41) is 6.45. The lowest BCUT2D eigenvalue weighted by Crippen LogP contribution is -2.43. The maximum absolute atomic E-state index is 12.3. The number of thiazole rings is 1. The Morgan fingerprint density at radius 2 is 1.71 bits per heavy atom. The molecule has 6 nitrogen and oxygen atoms in total. The highest BCUT2D eigenvalue weighted by atomic mass is 32.1. The Labute approximate surface area is 229 Å². The van der Waals surface area contributed by atoms with E-state index in [1.807, 2.05) is 12.1 Å². The van der Waals surface area contributed by atoms with Crippen LogP contribution in [0.25, 0.3) is 22.4 Å². The van der Waals surface area contributed by atoms with Gasteiger partial charge in [0.2, 0.25) is 5.91 Å². The molecule has 1 fully saturated rings. The molecule has 1 aliphatic rings. The van der Waals surface area contributed by atoms with Gasteiger partial charge in [-0.1, -0.05) is 35.9 Å². The topological polar surface area (TPSA) is 74.5 Å². The number of likely N-dealkylation sites (N-methyl/N-ethyl adjacent to an activating group) is 1. The molecule has 1 amide bonds. The van der Waals surface area contributed by atoms with Crippen molar-refractivity contribution in [3.05, 3.63) is 87.8 Å². The molecule has 1 aromatic heterocycles. The number of aromatic nitrogens is 1. The number of aryl methyl sites for hydroxylation is 3. The first-order chi connectivity index (χ1) is 18.3. The number of hydrogen-bond donors (Lipinski definition) is 2. The lowest BCUT2D eigenvalue weighted by molar-refractivity contribution is 0.100. The maximum atomic E-state index is 12.3. The minimum atomic E-state index is -0.417. The number of rotatable bonds is 7. The molecule has 0 spiro atoms. The van der Waals surface area contributed by atoms with Gasteiger partial charge >= 0.3 is 0 Å². The van der Waals surface area contributed by atoms with Crippen LogP contribution in [0.15, 0.2) is 60.0 Å². The van der Waals surface area contributed by atoms with Gasteiger partial charge in [0, 0.05) is 54.9 Å². The van der Waals surface area contributed by atoms with Gasteiger partial charge in [-0.2, -0.15) is 0 Å². The molecule has 38 heavy (non-hydrogen) atoms. The molecule has 3 aromatic carbocycles. The monoisotopic (exact) mass is 525 g/mol. The first kappa shape index (κ1) is 26.1. The average molecular weight is 526 g/mol. The van der Waals surface area contributed by atoms with Crippen LogP contribution < -0.4 is 11.1 Å². The SMILES string of the molecule is Cc1ccc(C)c(-c2csc(Nc3cc(-c4cc(CN5CCN(C)CC5)ccc4C(N)=O)ccc3C)n2)c1. The summed E-state index contributed by atoms with van der Waals surface area (Å²) in [5.74, 6) is -0.417. The standard InChI is InChI=1S/C31H35N5OS/c1-20-5-6-21(2)26(15-20)29-19-38-31(34-29)33-28-17-24(9-7-22(28)3)27-16-23(8-10-25(27)30(32)37)18-36-13-11-35(4)12-14-36/h5-10,15-17,19H,11-14,18H2,1-4H3,(H2,32,37)(H,33,34). The number of amides is 1. The molecule has 1 saturated heterocycles. The molecule has 0 bridgehead atoms. The number of hydrogen-bond acceptors (Lipinski definition) is 6. The van der Waals surface area contributed by atoms with Crippen LogP contribution in [0.4, 0.5) is 10.8 Å². The third kappa shape index (κ3) is 5.80. The molecular formula is C31H35N5OS. The number of nitrogens with two attached hydrogens (primary N) is 1. The van der Waals surface area contributed by atoms with E-state index in [1.54, 1.807) is 11.3 Å². The fourth-order valence-corrected chi connectivity index (χ4v) is 5.64. The van der Waals surface area contributed by atoms with Gasteiger partial charge in [-0.25, -0.2) is 4.98 Å². The van der Waals surface area contributed by atoms with Crippen LogP contribution in [0.2, 0.25) is 0 Å². The zero-order valence-corrected chi connectivity index (χ0v) is 23.4. The van der Waals surface area contributed by atoms with Crippen LogP contribution in [0.5, 0.6) is 0 Å². The number of carbonyl (C=O) groups excluding carboxylic acids is 1. The first-order valence-corrected chi connectivity index (χ1v) is 13.9. The van der Waals surface area contributed by atoms with Crippen molar-refractivity contribution in [2.75, 3.05) is 38.5 Å². The molecular weight excluding hydrogens is 490 g/mol. The molecule has 2 heterocycles. The minimum absolute atomic E-state index is 0.417. The fraction of sp³-hybridized carbons (Fsp3) is 0.290. The molecule has 7 heteroatoms. The Morgan fingerprint density at radius 1 is 0.947 bits per heavy atom. The summed E-state index contributed by atoms with van der Waals surface area (Å²) in [5.41, 5.74) is 16.0. The predicted octanol–water partition coefficient (Wildman–Crippen LogP) is 5.99. The van der Waals surface area contributed by atoms with E-state index in [9.17, 15) is 4.79 Å². The molecule has 0 atom stereocenters. The molecule has 0 aliphatic carbocycles. The maximum Gasteiger partial charge on any atom is 0.249 e. The normalized spacial score (nSPS) is 14.5. The van der Waals surface area contributed by atoms with Crippen LogP contribution in [0.1, 0.15) is 32.6 Å². The number of nitrogens with one attached hydrogen (secondary N) is 1. The van der Waals surface area contributed by atoms with E-state index < -0.39 is 5.91 Å². The van der Waals surface area contributed by atoms with Gasteiger partial charge in [0.15, 0.2) is 5.13 Å². The van der Waals surface area contributed by atoms with Gasteiger partial charge < -0.3 is 16.0 Å². The van der Waals surface area contributed by atoms with Crippen LogP contribution in [0, 0.1) is 20.8 Å². The van der Waals surface area contributed by atoms with Crippen molar-refractivity contribution in [2.24, 2.45) is 5.73 Å². The van der Waals surface area contributed by atoms with E-state index in [1.165, 1.54) is 16.7 Å². The molecule has 3 N–H and O–H groups in total. The van der Waals surface area contributed by atoms with Crippen molar-refractivity contribution >= 4 is 28.1 Å². The second kappa shape index (κ2) is 11.1. The predicted molar refractivity (Wildman–Crippen MR) is 158 cm³/mol. The number of carbonyl (C=O) groups is 1. The van der Waals surface area contributed by atoms with Crippen molar-refractivity contribution < 1.29 is 4.79 Å². The molecule has 0 radical (unpaired) electrons. The van der Waals surface area contributed by atoms with Gasteiger partial charge in [0.1, 0.15) is 0 Å². The lowest BCUT2D eigenvalue weighted by atomic mass is 9.95. The number of anilines is 2. The summed E-state index contributed by atoms with van der Waals surface area (Å²) >= 11 is 1.59. The molecule has 1 aliphatic heterocycles. The number of benzene rings is 3. The third-order valence-electron chi connectivity index (χ3n) is 7.31. The average Bonchev–Trinajstić information content (AvgIpc) is 3.36. The Balaban J connectivity index is 1.43. The van der Waals surface area contributed by atoms with Crippen LogP contribution in [-0.2, 0) is 6.54 Å². The summed E-state index contributed by atoms with van der Waals surface area (Å²) < 4.78 is 0. The summed E-state index contributed by atoms with van der Waals surface area (Å²) in [6, 6.07) is 18.7. The molecule has 4 aromatic rings. The molecule has 196 valence electrons. The molecule has 0 unspecified atom stereocenters. The van der Waals surface area contributed by atoms with Crippen LogP contribution in [0.3, 0.4) is 0 Å². The highest BCUT2D eigenvalue weighted by Gasteiger charge is 2.17. The highest BCUT2D eigenvalue weighted by Crippen LogP contribution is 2.34. The molecule has 0 saturated carbocycles. The quantitative estimate of drug-likeness (QED) is 0.310. The Bertz CT molecular complexity index is 1470. The number of nitrogens with zero attached hydrogens (tertiary/aromatic N) is 3. The Morgan fingerprint density at radius 3 is 2.47 bits per heavy atom. The largest absolute Gasteiger partial charge is 0.366 e. The van der Waals surface area contributed by atoms with Crippen molar-refractivity contribution in [2.45, 2.75) is 27.3 Å². The third-order valence-corrected chi connectivity index (χ3v) is 8.07. The highest BCUT2D eigenvalue weighted by molar-refractivity contribution is 7.14. The second-order valence-electron chi connectivity index (χ2n) is 10.3. The van der Waals surface area contributed by atoms with Crippen molar-refractivity contribution in [3.8, 4) is 22.4 Å². The molecule has 5 rings (SSSR count). The van der Waals surface area contributed by atoms with E-state index in [-0.39, 0.29) is 0 Å². The summed E-state index contributed by atoms with van der Waals surface area (Å²) in [4.78, 5) is 22.0. The Hall–Kier alpha value is -3.52. The minimum Gasteiger partial charge on any atom is -0.366 e. The van der Waals surface area contributed by atoms with Gasteiger partial charge in [0.05, 0.1) is 5.69 Å². The van der Waals surface area contributed by atoms with Gasteiger partial charge in [0.25, 0.3) is 0 Å². The van der Waals surface area contributed by atoms with E-state index in [0.717, 1.165) is 71.5 Å². The van der Waals surface area contributed by atoms with Gasteiger partial charge in [-0.05, 0) is 79.9 Å². The van der Waals surface area contributed by atoms with Gasteiger partial charge in [-0.15, -0.1) is 11.3 Å². The Kier molecular flexibility index (Phi) is 7.61. The van der Waals surface area contributed by atoms with Crippen LogP contribution in [-0.4, -0.2) is 53.9 Å². The second-order valence-corrected chi connectivity index (χ2v) is 11.2. The summed E-state index contributed by atoms with van der Waals surface area (Å²) in [6.45, 7) is 11.4. The van der Waals surface area contributed by atoms with E-state index in [4.69, 9.17) is 10.7 Å². The first-order valence-electron chi connectivity index (χ1n) is 13.0. The van der Waals surface area contributed by atoms with Crippen molar-refractivity contribution in [1.29, 1.82) is 0 Å².